The van der Waals surface area contributed by atoms with Crippen molar-refractivity contribution < 1.29 is 9.53 Å². The van der Waals surface area contributed by atoms with E-state index in [0.29, 0.717) is 13.2 Å². The van der Waals surface area contributed by atoms with E-state index in [9.17, 15) is 4.79 Å². The molecule has 0 saturated heterocycles. The molecule has 0 unspecified atom stereocenters. The molecule has 0 spiro atoms. The molecule has 2 rings (SSSR count). The van der Waals surface area contributed by atoms with Gasteiger partial charge in [0.2, 0.25) is 0 Å². The quantitative estimate of drug-likeness (QED) is 0.820. The number of anilines is 1. The molecule has 18 heavy (non-hydrogen) atoms. The van der Waals surface area contributed by atoms with Crippen molar-refractivity contribution >= 4 is 11.7 Å². The second-order valence-electron chi connectivity index (χ2n) is 4.60. The maximum atomic E-state index is 10.8. The van der Waals surface area contributed by atoms with Gasteiger partial charge in [-0.3, -0.25) is 4.79 Å². The van der Waals surface area contributed by atoms with Crippen molar-refractivity contribution in [1.82, 2.24) is 0 Å². The van der Waals surface area contributed by atoms with Crippen molar-refractivity contribution in [3.63, 3.8) is 0 Å². The van der Waals surface area contributed by atoms with Gasteiger partial charge in [-0.2, -0.15) is 0 Å². The van der Waals surface area contributed by atoms with Crippen LogP contribution in [0.15, 0.2) is 18.2 Å². The molecule has 1 aliphatic heterocycles. The molecular weight excluding hydrogens is 228 g/mol. The molecule has 1 aromatic rings. The highest BCUT2D eigenvalue weighted by Gasteiger charge is 2.16. The van der Waals surface area contributed by atoms with E-state index in [2.05, 4.69) is 23.1 Å². The van der Waals surface area contributed by atoms with Gasteiger partial charge < -0.3 is 15.4 Å². The molecule has 1 heterocycles. The first-order chi connectivity index (χ1) is 8.70. The average Bonchev–Trinajstić information content (AvgIpc) is 2.38. The van der Waals surface area contributed by atoms with Gasteiger partial charge in [-0.15, -0.1) is 0 Å². The Hall–Kier alpha value is -1.55. The second-order valence-corrected chi connectivity index (χ2v) is 4.60. The van der Waals surface area contributed by atoms with Crippen LogP contribution < -0.4 is 10.6 Å². The third-order valence-electron chi connectivity index (χ3n) is 3.27. The van der Waals surface area contributed by atoms with E-state index >= 15 is 0 Å². The number of nitrogens with two attached hydrogens (primary N) is 1. The van der Waals surface area contributed by atoms with Gasteiger partial charge in [0.1, 0.15) is 6.61 Å². The summed E-state index contributed by atoms with van der Waals surface area (Å²) in [5, 5.41) is 0. The van der Waals surface area contributed by atoms with E-state index in [4.69, 9.17) is 10.5 Å². The van der Waals surface area contributed by atoms with E-state index in [1.54, 1.807) is 0 Å². The maximum Gasteiger partial charge on any atom is 0.302 e. The zero-order valence-electron chi connectivity index (χ0n) is 10.8. The smallest absolute Gasteiger partial charge is 0.302 e. The topological polar surface area (TPSA) is 55.6 Å². The van der Waals surface area contributed by atoms with E-state index in [1.807, 2.05) is 0 Å². The number of hydrogen-bond acceptors (Lipinski definition) is 4. The Balaban J connectivity index is 2.08. The van der Waals surface area contributed by atoms with Crippen molar-refractivity contribution in [3.8, 4) is 0 Å². The van der Waals surface area contributed by atoms with E-state index in [0.717, 1.165) is 31.5 Å². The number of ether oxygens (including phenoxy) is 1. The van der Waals surface area contributed by atoms with Crippen LogP contribution in [0.25, 0.3) is 0 Å². The summed E-state index contributed by atoms with van der Waals surface area (Å²) in [6.07, 6.45) is 2.26. The van der Waals surface area contributed by atoms with Gasteiger partial charge >= 0.3 is 5.97 Å². The summed E-state index contributed by atoms with van der Waals surface area (Å²) >= 11 is 0. The number of carbonyl (C=O) groups excluding carboxylic acids is 1. The predicted octanol–water partition coefficient (Wildman–Crippen LogP) is 1.46. The molecule has 0 aromatic heterocycles. The van der Waals surface area contributed by atoms with Crippen molar-refractivity contribution in [3.05, 3.63) is 29.3 Å². The van der Waals surface area contributed by atoms with Crippen molar-refractivity contribution in [2.24, 2.45) is 5.73 Å². The van der Waals surface area contributed by atoms with Crippen LogP contribution in [0.4, 0.5) is 5.69 Å². The molecule has 4 nitrogen and oxygen atoms in total. The predicted molar refractivity (Wildman–Crippen MR) is 71.5 cm³/mol. The normalized spacial score (nSPS) is 14.2. The molecule has 0 saturated carbocycles. The van der Waals surface area contributed by atoms with E-state index in [1.165, 1.54) is 18.2 Å². The molecule has 0 aliphatic carbocycles. The lowest BCUT2D eigenvalue weighted by molar-refractivity contribution is -0.140. The monoisotopic (exact) mass is 248 g/mol. The van der Waals surface area contributed by atoms with Gasteiger partial charge in [-0.05, 0) is 30.0 Å². The third-order valence-corrected chi connectivity index (χ3v) is 3.27. The minimum absolute atomic E-state index is 0.219. The molecule has 0 fully saturated rings. The van der Waals surface area contributed by atoms with Gasteiger partial charge in [-0.25, -0.2) is 0 Å². The first-order valence-electron chi connectivity index (χ1n) is 6.41. The molecule has 0 radical (unpaired) electrons. The Labute approximate surface area is 108 Å². The Kier molecular flexibility index (Phi) is 4.20. The van der Waals surface area contributed by atoms with Crippen molar-refractivity contribution in [1.29, 1.82) is 0 Å². The lowest BCUT2D eigenvalue weighted by Crippen LogP contribution is -2.33. The number of hydrogen-bond donors (Lipinski definition) is 1. The fraction of sp³-hybridized carbons (Fsp3) is 0.500. The largest absolute Gasteiger partial charge is 0.464 e. The summed E-state index contributed by atoms with van der Waals surface area (Å²) in [5.74, 6) is -0.219. The molecule has 98 valence electrons. The highest BCUT2D eigenvalue weighted by molar-refractivity contribution is 5.66. The SMILES string of the molecule is CC(=O)OCCN1CCCc2ccc(CN)cc21. The Bertz CT molecular complexity index is 432. The Morgan fingerprint density at radius 3 is 3.06 bits per heavy atom. The van der Waals surface area contributed by atoms with Crippen LogP contribution >= 0.6 is 0 Å². The molecule has 1 aliphatic rings. The van der Waals surface area contributed by atoms with Crippen LogP contribution in [0.3, 0.4) is 0 Å². The van der Waals surface area contributed by atoms with Crippen molar-refractivity contribution in [2.45, 2.75) is 26.3 Å². The number of carbonyl (C=O) groups is 1. The number of aryl methyl sites for hydroxylation is 1. The summed E-state index contributed by atoms with van der Waals surface area (Å²) in [5.41, 5.74) is 9.44. The van der Waals surface area contributed by atoms with Crippen LogP contribution in [-0.2, 0) is 22.5 Å². The average molecular weight is 248 g/mol. The first kappa shape index (κ1) is 12.9. The fourth-order valence-electron chi connectivity index (χ4n) is 2.35. The van der Waals surface area contributed by atoms with Gasteiger partial charge in [0.05, 0.1) is 6.54 Å². The van der Waals surface area contributed by atoms with Crippen LogP contribution in [0.1, 0.15) is 24.5 Å². The van der Waals surface area contributed by atoms with Crippen LogP contribution in [0.2, 0.25) is 0 Å². The molecular formula is C14H20N2O2. The molecule has 4 heteroatoms. The minimum Gasteiger partial charge on any atom is -0.464 e. The summed E-state index contributed by atoms with van der Waals surface area (Å²) < 4.78 is 5.01. The molecule has 2 N–H and O–H groups in total. The number of esters is 1. The number of rotatable bonds is 4. The summed E-state index contributed by atoms with van der Waals surface area (Å²) in [4.78, 5) is 13.1. The van der Waals surface area contributed by atoms with Crippen LogP contribution in [0.5, 0.6) is 0 Å². The summed E-state index contributed by atoms with van der Waals surface area (Å²) in [7, 11) is 0. The van der Waals surface area contributed by atoms with Gasteiger partial charge in [0, 0.05) is 25.7 Å². The van der Waals surface area contributed by atoms with Gasteiger partial charge in [0.25, 0.3) is 0 Å². The highest BCUT2D eigenvalue weighted by Crippen LogP contribution is 2.27. The number of benzene rings is 1. The number of fused-ring (bicyclic) bond motifs is 1. The Morgan fingerprint density at radius 1 is 1.50 bits per heavy atom. The van der Waals surface area contributed by atoms with Gasteiger partial charge in [0.15, 0.2) is 0 Å². The van der Waals surface area contributed by atoms with E-state index in [-0.39, 0.29) is 5.97 Å². The molecule has 1 aromatic carbocycles. The zero-order chi connectivity index (χ0) is 13.0. The number of nitrogens with zero attached hydrogens (tertiary/aromatic N) is 1. The van der Waals surface area contributed by atoms with Crippen LogP contribution in [0, 0.1) is 0 Å². The van der Waals surface area contributed by atoms with Gasteiger partial charge in [-0.1, -0.05) is 12.1 Å². The summed E-state index contributed by atoms with van der Waals surface area (Å²) in [6, 6.07) is 6.41. The fourth-order valence-corrected chi connectivity index (χ4v) is 2.35. The zero-order valence-corrected chi connectivity index (χ0v) is 10.8. The van der Waals surface area contributed by atoms with Crippen LogP contribution in [-0.4, -0.2) is 25.7 Å². The maximum absolute atomic E-state index is 10.8. The second kappa shape index (κ2) is 5.87. The molecule has 0 bridgehead atoms. The standard InChI is InChI=1S/C14H20N2O2/c1-11(17)18-8-7-16-6-2-3-13-5-4-12(10-15)9-14(13)16/h4-5,9H,2-3,6-8,10,15H2,1H3. The molecule has 0 atom stereocenters. The highest BCUT2D eigenvalue weighted by atomic mass is 16.5. The third kappa shape index (κ3) is 3.01. The Morgan fingerprint density at radius 2 is 2.33 bits per heavy atom. The van der Waals surface area contributed by atoms with E-state index < -0.39 is 0 Å². The molecule has 0 amide bonds. The summed E-state index contributed by atoms with van der Waals surface area (Å²) in [6.45, 7) is 4.21. The van der Waals surface area contributed by atoms with Crippen molar-refractivity contribution in [2.75, 3.05) is 24.6 Å². The lowest BCUT2D eigenvalue weighted by atomic mass is 9.99. The lowest BCUT2D eigenvalue weighted by Gasteiger charge is -2.31. The minimum atomic E-state index is -0.219. The first-order valence-corrected chi connectivity index (χ1v) is 6.41.